The van der Waals surface area contributed by atoms with Gasteiger partial charge in [-0.15, -0.1) is 16.5 Å². The van der Waals surface area contributed by atoms with Crippen molar-refractivity contribution in [3.05, 3.63) is 47.0 Å². The van der Waals surface area contributed by atoms with E-state index in [4.69, 9.17) is 11.6 Å². The van der Waals surface area contributed by atoms with E-state index in [-0.39, 0.29) is 19.0 Å². The fraction of sp³-hybridized carbons (Fsp3) is 0.231. The van der Waals surface area contributed by atoms with E-state index in [0.717, 1.165) is 15.9 Å². The van der Waals surface area contributed by atoms with Gasteiger partial charge < -0.3 is 5.32 Å². The molecule has 0 aliphatic heterocycles. The lowest BCUT2D eigenvalue weighted by Crippen LogP contribution is -2.37. The molecule has 0 radical (unpaired) electrons. The highest BCUT2D eigenvalue weighted by Gasteiger charge is 2.12. The van der Waals surface area contributed by atoms with E-state index in [2.05, 4.69) is 15.6 Å². The number of pyridine rings is 1. The Bertz CT molecular complexity index is 620. The lowest BCUT2D eigenvalue weighted by molar-refractivity contribution is 0.201. The van der Waals surface area contributed by atoms with Gasteiger partial charge in [-0.1, -0.05) is 24.3 Å². The standard InChI is InChI=1S/C13H13ClN4O2/c14-7-8-18(17-20)13(19)15-9-11-6-5-10-3-1-2-4-12(10)16-11/h1-6H,7-9H2,(H,15,19). The predicted octanol–water partition coefficient (Wildman–Crippen LogP) is 2.67. The van der Waals surface area contributed by atoms with Gasteiger partial charge in [0.15, 0.2) is 0 Å². The molecule has 1 aromatic heterocycles. The third-order valence-corrected chi connectivity index (χ3v) is 2.88. The van der Waals surface area contributed by atoms with Gasteiger partial charge >= 0.3 is 6.03 Å². The van der Waals surface area contributed by atoms with E-state index in [1.807, 2.05) is 36.4 Å². The van der Waals surface area contributed by atoms with Crippen molar-refractivity contribution in [2.75, 3.05) is 12.4 Å². The van der Waals surface area contributed by atoms with Crippen molar-refractivity contribution in [2.45, 2.75) is 6.54 Å². The van der Waals surface area contributed by atoms with Gasteiger partial charge in [-0.05, 0) is 12.1 Å². The molecule has 0 saturated heterocycles. The zero-order chi connectivity index (χ0) is 14.4. The third kappa shape index (κ3) is 3.42. The molecule has 2 amide bonds. The highest BCUT2D eigenvalue weighted by molar-refractivity contribution is 6.18. The molecule has 104 valence electrons. The SMILES string of the molecule is O=NN(CCCl)C(=O)NCc1ccc2ccccc2n1. The molecule has 0 aliphatic rings. The number of urea groups is 1. The van der Waals surface area contributed by atoms with Crippen LogP contribution in [0.4, 0.5) is 4.79 Å². The summed E-state index contributed by atoms with van der Waals surface area (Å²) in [4.78, 5) is 26.5. The second-order valence-electron chi connectivity index (χ2n) is 4.05. The summed E-state index contributed by atoms with van der Waals surface area (Å²) in [5.41, 5.74) is 1.55. The van der Waals surface area contributed by atoms with E-state index < -0.39 is 6.03 Å². The van der Waals surface area contributed by atoms with Crippen molar-refractivity contribution in [1.29, 1.82) is 0 Å². The molecule has 0 fully saturated rings. The Balaban J connectivity index is 2.01. The lowest BCUT2D eigenvalue weighted by atomic mass is 10.2. The van der Waals surface area contributed by atoms with Crippen LogP contribution in [0.15, 0.2) is 41.7 Å². The number of aromatic nitrogens is 1. The number of carbonyl (C=O) groups is 1. The third-order valence-electron chi connectivity index (χ3n) is 2.71. The van der Waals surface area contributed by atoms with Crippen LogP contribution >= 0.6 is 11.6 Å². The topological polar surface area (TPSA) is 74.7 Å². The molecule has 2 rings (SSSR count). The zero-order valence-corrected chi connectivity index (χ0v) is 11.4. The average molecular weight is 293 g/mol. The summed E-state index contributed by atoms with van der Waals surface area (Å²) in [6.45, 7) is 0.292. The number of benzene rings is 1. The lowest BCUT2D eigenvalue weighted by Gasteiger charge is -2.12. The van der Waals surface area contributed by atoms with Crippen LogP contribution in [0.3, 0.4) is 0 Å². The quantitative estimate of drug-likeness (QED) is 0.523. The molecule has 0 saturated carbocycles. The normalized spacial score (nSPS) is 10.2. The number of rotatable bonds is 5. The number of alkyl halides is 1. The van der Waals surface area contributed by atoms with E-state index in [0.29, 0.717) is 5.69 Å². The molecule has 1 N–H and O–H groups in total. The Morgan fingerprint density at radius 3 is 2.85 bits per heavy atom. The van der Waals surface area contributed by atoms with Crippen molar-refractivity contribution in [3.8, 4) is 0 Å². The minimum absolute atomic E-state index is 0.0715. The van der Waals surface area contributed by atoms with Crippen LogP contribution in [0.25, 0.3) is 10.9 Å². The summed E-state index contributed by atoms with van der Waals surface area (Å²) >= 11 is 5.47. The first-order chi connectivity index (χ1) is 9.74. The number of nitrogens with one attached hydrogen (secondary N) is 1. The number of hydrogen-bond acceptors (Lipinski definition) is 4. The molecule has 20 heavy (non-hydrogen) atoms. The van der Waals surface area contributed by atoms with E-state index in [9.17, 15) is 9.70 Å². The molecule has 6 nitrogen and oxygen atoms in total. The maximum absolute atomic E-state index is 11.6. The number of nitrogens with zero attached hydrogens (tertiary/aromatic N) is 3. The summed E-state index contributed by atoms with van der Waals surface area (Å²) < 4.78 is 0. The molecule has 2 aromatic rings. The number of nitroso groups, excluding NO2 is 1. The van der Waals surface area contributed by atoms with Crippen LogP contribution in [0, 0.1) is 4.91 Å². The molecular formula is C13H13ClN4O2. The molecule has 0 spiro atoms. The second-order valence-corrected chi connectivity index (χ2v) is 4.43. The van der Waals surface area contributed by atoms with Crippen LogP contribution < -0.4 is 5.32 Å². The molecule has 1 aromatic carbocycles. The fourth-order valence-corrected chi connectivity index (χ4v) is 1.88. The second kappa shape index (κ2) is 6.81. The average Bonchev–Trinajstić information content (AvgIpc) is 2.50. The number of carbonyl (C=O) groups excluding carboxylic acids is 1. The van der Waals surface area contributed by atoms with Crippen LogP contribution in [0.5, 0.6) is 0 Å². The Kier molecular flexibility index (Phi) is 4.84. The molecule has 1 heterocycles. The largest absolute Gasteiger partial charge is 0.340 e. The highest BCUT2D eigenvalue weighted by Crippen LogP contribution is 2.11. The fourth-order valence-electron chi connectivity index (χ4n) is 1.72. The van der Waals surface area contributed by atoms with Crippen molar-refractivity contribution >= 4 is 28.5 Å². The minimum Gasteiger partial charge on any atom is -0.331 e. The van der Waals surface area contributed by atoms with E-state index in [1.54, 1.807) is 0 Å². The van der Waals surface area contributed by atoms with Gasteiger partial charge in [-0.3, -0.25) is 4.98 Å². The van der Waals surface area contributed by atoms with Crippen LogP contribution in [0.2, 0.25) is 0 Å². The number of amides is 2. The highest BCUT2D eigenvalue weighted by atomic mass is 35.5. The van der Waals surface area contributed by atoms with Gasteiger partial charge in [0.2, 0.25) is 0 Å². The van der Waals surface area contributed by atoms with Crippen molar-refractivity contribution in [2.24, 2.45) is 5.29 Å². The molecule has 7 heteroatoms. The van der Waals surface area contributed by atoms with Gasteiger partial charge in [-0.25, -0.2) is 4.79 Å². The maximum Gasteiger partial charge on any atom is 0.340 e. The predicted molar refractivity (Wildman–Crippen MR) is 77.2 cm³/mol. The first kappa shape index (κ1) is 14.2. The zero-order valence-electron chi connectivity index (χ0n) is 10.6. The molecule has 0 unspecified atom stereocenters. The van der Waals surface area contributed by atoms with Gasteiger partial charge in [0.1, 0.15) is 0 Å². The van der Waals surface area contributed by atoms with Crippen LogP contribution in [0.1, 0.15) is 5.69 Å². The summed E-state index contributed by atoms with van der Waals surface area (Å²) in [6.07, 6.45) is 0. The molecular weight excluding hydrogens is 280 g/mol. The smallest absolute Gasteiger partial charge is 0.331 e. The van der Waals surface area contributed by atoms with Gasteiger partial charge in [0.05, 0.1) is 29.6 Å². The van der Waals surface area contributed by atoms with Gasteiger partial charge in [0, 0.05) is 11.3 Å². The monoisotopic (exact) mass is 292 g/mol. The van der Waals surface area contributed by atoms with E-state index in [1.165, 1.54) is 0 Å². The Hall–Kier alpha value is -2.21. The first-order valence-electron chi connectivity index (χ1n) is 6.04. The van der Waals surface area contributed by atoms with Crippen molar-refractivity contribution < 1.29 is 4.79 Å². The van der Waals surface area contributed by atoms with Crippen molar-refractivity contribution in [1.82, 2.24) is 15.3 Å². The Labute approximate surface area is 120 Å². The Morgan fingerprint density at radius 1 is 1.30 bits per heavy atom. The summed E-state index contributed by atoms with van der Waals surface area (Å²) in [5.74, 6) is 0.146. The summed E-state index contributed by atoms with van der Waals surface area (Å²) in [6, 6.07) is 10.9. The van der Waals surface area contributed by atoms with Gasteiger partial charge in [-0.2, -0.15) is 5.01 Å². The minimum atomic E-state index is -0.587. The Morgan fingerprint density at radius 2 is 2.10 bits per heavy atom. The summed E-state index contributed by atoms with van der Waals surface area (Å²) in [7, 11) is 0. The van der Waals surface area contributed by atoms with Crippen LogP contribution in [-0.2, 0) is 6.54 Å². The number of halogens is 1. The number of hydrogen-bond donors (Lipinski definition) is 1. The number of para-hydroxylation sites is 1. The molecule has 0 atom stereocenters. The first-order valence-corrected chi connectivity index (χ1v) is 6.57. The van der Waals surface area contributed by atoms with Crippen LogP contribution in [-0.4, -0.2) is 28.4 Å². The number of fused-ring (bicyclic) bond motifs is 1. The van der Waals surface area contributed by atoms with Gasteiger partial charge in [0.25, 0.3) is 0 Å². The molecule has 0 aliphatic carbocycles. The maximum atomic E-state index is 11.6. The van der Waals surface area contributed by atoms with Crippen molar-refractivity contribution in [3.63, 3.8) is 0 Å². The molecule has 0 bridgehead atoms. The van der Waals surface area contributed by atoms with E-state index >= 15 is 0 Å². The summed E-state index contributed by atoms with van der Waals surface area (Å²) in [5, 5.41) is 6.95.